The highest BCUT2D eigenvalue weighted by Crippen LogP contribution is 2.32. The van der Waals surface area contributed by atoms with Crippen LogP contribution in [-0.4, -0.2) is 16.2 Å². The van der Waals surface area contributed by atoms with E-state index in [2.05, 4.69) is 0 Å². The lowest BCUT2D eigenvalue weighted by atomic mass is 10.00. The molecule has 0 bridgehead atoms. The summed E-state index contributed by atoms with van der Waals surface area (Å²) in [7, 11) is 0. The highest BCUT2D eigenvalue weighted by Gasteiger charge is 2.10. The van der Waals surface area contributed by atoms with E-state index in [1.54, 1.807) is 24.3 Å². The Bertz CT molecular complexity index is 953. The van der Waals surface area contributed by atoms with Crippen molar-refractivity contribution in [3.63, 3.8) is 0 Å². The summed E-state index contributed by atoms with van der Waals surface area (Å²) in [4.78, 5) is 11.0. The molecular weight excluding hydrogens is 342 g/mol. The highest BCUT2D eigenvalue weighted by molar-refractivity contribution is 5.72. The summed E-state index contributed by atoms with van der Waals surface area (Å²) in [5.41, 5.74) is 9.48. The molecule has 0 aliphatic heterocycles. The van der Waals surface area contributed by atoms with Crippen molar-refractivity contribution in [2.45, 2.75) is 19.6 Å². The van der Waals surface area contributed by atoms with Gasteiger partial charge in [-0.15, -0.1) is 0 Å². The van der Waals surface area contributed by atoms with Crippen LogP contribution in [0.4, 0.5) is 0 Å². The molecule has 0 aliphatic rings. The molecule has 0 heterocycles. The zero-order valence-electron chi connectivity index (χ0n) is 14.8. The Morgan fingerprint density at radius 3 is 2.48 bits per heavy atom. The average molecular weight is 363 g/mol. The summed E-state index contributed by atoms with van der Waals surface area (Å²) in [6.45, 7) is 0.560. The molecule has 3 aromatic rings. The fourth-order valence-electron chi connectivity index (χ4n) is 2.93. The van der Waals surface area contributed by atoms with Gasteiger partial charge in [0, 0.05) is 23.2 Å². The highest BCUT2D eigenvalue weighted by atomic mass is 16.5. The number of hydrogen-bond donors (Lipinski definition) is 3. The summed E-state index contributed by atoms with van der Waals surface area (Å²) in [5, 5.41) is 19.4. The average Bonchev–Trinajstić information content (AvgIpc) is 2.67. The van der Waals surface area contributed by atoms with E-state index in [4.69, 9.17) is 15.6 Å². The number of phenolic OH excluding ortho intramolecular Hbond substituents is 1. The van der Waals surface area contributed by atoms with E-state index in [1.165, 1.54) is 0 Å². The SMILES string of the molecule is NCc1cccc(-c2cccc(COc3ccccc3CC(=O)O)c2)c1O. The Morgan fingerprint density at radius 1 is 0.963 bits per heavy atom. The van der Waals surface area contributed by atoms with Gasteiger partial charge in [-0.3, -0.25) is 4.79 Å². The quantitative estimate of drug-likeness (QED) is 0.595. The van der Waals surface area contributed by atoms with Gasteiger partial charge in [-0.1, -0.05) is 54.6 Å². The number of carboxylic acids is 1. The first-order valence-corrected chi connectivity index (χ1v) is 8.61. The van der Waals surface area contributed by atoms with Gasteiger partial charge in [-0.2, -0.15) is 0 Å². The third-order valence-electron chi connectivity index (χ3n) is 4.29. The van der Waals surface area contributed by atoms with Crippen LogP contribution < -0.4 is 10.5 Å². The molecular formula is C22H21NO4. The molecule has 0 saturated heterocycles. The minimum Gasteiger partial charge on any atom is -0.507 e. The van der Waals surface area contributed by atoms with E-state index < -0.39 is 5.97 Å². The van der Waals surface area contributed by atoms with Crippen LogP contribution in [0.3, 0.4) is 0 Å². The van der Waals surface area contributed by atoms with E-state index in [1.807, 2.05) is 42.5 Å². The van der Waals surface area contributed by atoms with Crippen LogP contribution in [0.15, 0.2) is 66.7 Å². The number of ether oxygens (including phenoxy) is 1. The maximum Gasteiger partial charge on any atom is 0.307 e. The summed E-state index contributed by atoms with van der Waals surface area (Å²) in [6, 6.07) is 20.3. The molecule has 0 amide bonds. The standard InChI is InChI=1S/C22H21NO4/c23-13-18-8-4-9-19(22(18)26)16-7-3-5-15(11-16)14-27-20-10-2-1-6-17(20)12-21(24)25/h1-11,26H,12-14,23H2,(H,24,25). The van der Waals surface area contributed by atoms with Gasteiger partial charge < -0.3 is 20.7 Å². The van der Waals surface area contributed by atoms with Crippen LogP contribution in [0.2, 0.25) is 0 Å². The Labute approximate surface area is 157 Å². The Kier molecular flexibility index (Phi) is 5.74. The molecule has 27 heavy (non-hydrogen) atoms. The second-order valence-corrected chi connectivity index (χ2v) is 6.18. The predicted octanol–water partition coefficient (Wildman–Crippen LogP) is 3.72. The summed E-state index contributed by atoms with van der Waals surface area (Å²) >= 11 is 0. The molecule has 0 spiro atoms. The molecule has 3 aromatic carbocycles. The number of hydrogen-bond acceptors (Lipinski definition) is 4. The number of benzene rings is 3. The van der Waals surface area contributed by atoms with Crippen molar-refractivity contribution in [3.8, 4) is 22.6 Å². The lowest BCUT2D eigenvalue weighted by Gasteiger charge is -2.12. The van der Waals surface area contributed by atoms with Crippen molar-refractivity contribution in [2.24, 2.45) is 5.73 Å². The lowest BCUT2D eigenvalue weighted by molar-refractivity contribution is -0.136. The number of aromatic hydroxyl groups is 1. The number of nitrogens with two attached hydrogens (primary N) is 1. The molecule has 0 aliphatic carbocycles. The topological polar surface area (TPSA) is 92.8 Å². The van der Waals surface area contributed by atoms with Crippen molar-refractivity contribution >= 4 is 5.97 Å². The molecule has 138 valence electrons. The zero-order valence-corrected chi connectivity index (χ0v) is 14.8. The third kappa shape index (κ3) is 4.46. The van der Waals surface area contributed by atoms with Crippen LogP contribution in [-0.2, 0) is 24.4 Å². The first kappa shape index (κ1) is 18.5. The number of aliphatic carboxylic acids is 1. The van der Waals surface area contributed by atoms with Gasteiger partial charge in [-0.25, -0.2) is 0 Å². The predicted molar refractivity (Wildman–Crippen MR) is 104 cm³/mol. The van der Waals surface area contributed by atoms with Crippen LogP contribution in [0.5, 0.6) is 11.5 Å². The van der Waals surface area contributed by atoms with Crippen LogP contribution in [0.25, 0.3) is 11.1 Å². The number of rotatable bonds is 7. The van der Waals surface area contributed by atoms with E-state index in [9.17, 15) is 9.90 Å². The first-order valence-electron chi connectivity index (χ1n) is 8.61. The van der Waals surface area contributed by atoms with Gasteiger partial charge in [0.2, 0.25) is 0 Å². The molecule has 5 nitrogen and oxygen atoms in total. The number of para-hydroxylation sites is 2. The molecule has 0 aromatic heterocycles. The molecule has 4 N–H and O–H groups in total. The number of carbonyl (C=O) groups is 1. The molecule has 0 atom stereocenters. The van der Waals surface area contributed by atoms with Crippen LogP contribution >= 0.6 is 0 Å². The maximum atomic E-state index is 11.0. The molecule has 0 unspecified atom stereocenters. The first-order chi connectivity index (χ1) is 13.1. The fraction of sp³-hybridized carbons (Fsp3) is 0.136. The second-order valence-electron chi connectivity index (χ2n) is 6.18. The van der Waals surface area contributed by atoms with Crippen molar-refractivity contribution in [1.29, 1.82) is 0 Å². The lowest BCUT2D eigenvalue weighted by Crippen LogP contribution is -2.04. The van der Waals surface area contributed by atoms with Gasteiger partial charge in [0.25, 0.3) is 0 Å². The van der Waals surface area contributed by atoms with E-state index in [0.717, 1.165) is 11.1 Å². The minimum atomic E-state index is -0.900. The van der Waals surface area contributed by atoms with E-state index >= 15 is 0 Å². The monoisotopic (exact) mass is 363 g/mol. The van der Waals surface area contributed by atoms with E-state index in [-0.39, 0.29) is 18.7 Å². The van der Waals surface area contributed by atoms with Crippen molar-refractivity contribution in [1.82, 2.24) is 0 Å². The van der Waals surface area contributed by atoms with Gasteiger partial charge in [0.15, 0.2) is 0 Å². The Morgan fingerprint density at radius 2 is 1.70 bits per heavy atom. The van der Waals surface area contributed by atoms with Gasteiger partial charge in [0.05, 0.1) is 6.42 Å². The largest absolute Gasteiger partial charge is 0.507 e. The third-order valence-corrected chi connectivity index (χ3v) is 4.29. The zero-order chi connectivity index (χ0) is 19.2. The van der Waals surface area contributed by atoms with Crippen LogP contribution in [0, 0.1) is 0 Å². The molecule has 0 radical (unpaired) electrons. The normalized spacial score (nSPS) is 10.6. The molecule has 3 rings (SSSR count). The number of phenols is 1. The summed E-state index contributed by atoms with van der Waals surface area (Å²) < 4.78 is 5.84. The smallest absolute Gasteiger partial charge is 0.307 e. The van der Waals surface area contributed by atoms with Gasteiger partial charge in [-0.05, 0) is 23.3 Å². The molecule has 5 heteroatoms. The molecule has 0 fully saturated rings. The van der Waals surface area contributed by atoms with Crippen molar-refractivity contribution in [3.05, 3.63) is 83.4 Å². The van der Waals surface area contributed by atoms with E-state index in [0.29, 0.717) is 29.0 Å². The van der Waals surface area contributed by atoms with Crippen molar-refractivity contribution in [2.75, 3.05) is 0 Å². The Balaban J connectivity index is 1.81. The summed E-state index contributed by atoms with van der Waals surface area (Å²) in [5.74, 6) is -0.161. The van der Waals surface area contributed by atoms with Gasteiger partial charge >= 0.3 is 5.97 Å². The maximum absolute atomic E-state index is 11.0. The summed E-state index contributed by atoms with van der Waals surface area (Å²) in [6.07, 6.45) is -0.0873. The van der Waals surface area contributed by atoms with Crippen LogP contribution in [0.1, 0.15) is 16.7 Å². The van der Waals surface area contributed by atoms with Gasteiger partial charge in [0.1, 0.15) is 18.1 Å². The Hall–Kier alpha value is -3.31. The number of carboxylic acid groups (broad SMARTS) is 1. The molecule has 0 saturated carbocycles. The van der Waals surface area contributed by atoms with Crippen molar-refractivity contribution < 1.29 is 19.7 Å². The minimum absolute atomic E-state index is 0.0873. The fourth-order valence-corrected chi connectivity index (χ4v) is 2.93. The second kappa shape index (κ2) is 8.38.